The molecule has 2 aliphatic carbocycles. The number of rotatable bonds is 7. The van der Waals surface area contributed by atoms with Gasteiger partial charge in [0.25, 0.3) is 0 Å². The summed E-state index contributed by atoms with van der Waals surface area (Å²) in [4.78, 5) is 26.5. The summed E-state index contributed by atoms with van der Waals surface area (Å²) in [6.07, 6.45) is 20.9. The molecular formula is C44H91NiO4P. The molecule has 306 valence electrons. The molecule has 0 bridgehead atoms. The van der Waals surface area contributed by atoms with Crippen molar-refractivity contribution >= 4 is 27.4 Å². The molecule has 2 saturated carbocycles. The number of benzene rings is 1. The van der Waals surface area contributed by atoms with Crippen molar-refractivity contribution in [3.63, 3.8) is 0 Å². The second-order valence-corrected chi connectivity index (χ2v) is 12.7. The zero-order chi connectivity index (χ0) is 39.9. The van der Waals surface area contributed by atoms with Crippen molar-refractivity contribution in [2.24, 2.45) is 0 Å². The minimum atomic E-state index is -0.394. The Labute approximate surface area is 332 Å². The first-order valence-electron chi connectivity index (χ1n) is 19.9. The first-order valence-corrected chi connectivity index (χ1v) is 20.6. The summed E-state index contributed by atoms with van der Waals surface area (Å²) in [6.45, 7) is 33.7. The second kappa shape index (κ2) is 69.5. The fourth-order valence-electron chi connectivity index (χ4n) is 4.96. The maximum Gasteiger partial charge on any atom is 2.00 e. The van der Waals surface area contributed by atoms with E-state index in [-0.39, 0.29) is 31.3 Å². The third-order valence-corrected chi connectivity index (χ3v) is 11.1. The minimum Gasteiger partial charge on any atom is -0.545 e. The van der Waals surface area contributed by atoms with Gasteiger partial charge in [0, 0.05) is 6.08 Å². The van der Waals surface area contributed by atoms with E-state index in [1.807, 2.05) is 69.2 Å². The smallest absolute Gasteiger partial charge is 0.545 e. The minimum absolute atomic E-state index is 0. The molecule has 2 fully saturated rings. The van der Waals surface area contributed by atoms with E-state index in [1.54, 1.807) is 57.5 Å². The molecule has 3 rings (SSSR count). The summed E-state index contributed by atoms with van der Waals surface area (Å²) < 4.78 is 14.9. The van der Waals surface area contributed by atoms with Crippen LogP contribution in [0.5, 0.6) is 0 Å². The molecule has 50 heavy (non-hydrogen) atoms. The van der Waals surface area contributed by atoms with Crippen molar-refractivity contribution in [2.45, 2.75) is 206 Å². The van der Waals surface area contributed by atoms with Crippen LogP contribution >= 0.6 is 7.92 Å². The van der Waals surface area contributed by atoms with Crippen LogP contribution in [0.4, 0.5) is 0 Å². The van der Waals surface area contributed by atoms with Crippen LogP contribution in [0.3, 0.4) is 0 Å². The van der Waals surface area contributed by atoms with Crippen molar-refractivity contribution in [2.75, 3.05) is 13.3 Å². The van der Waals surface area contributed by atoms with E-state index >= 15 is 0 Å². The number of hydrogen-bond donors (Lipinski definition) is 0. The number of aryl methyl sites for hydroxylation is 1. The van der Waals surface area contributed by atoms with E-state index < -0.39 is 5.97 Å². The van der Waals surface area contributed by atoms with Crippen LogP contribution < -0.4 is 0 Å². The summed E-state index contributed by atoms with van der Waals surface area (Å²) in [5.41, 5.74) is 5.15. The van der Waals surface area contributed by atoms with Crippen molar-refractivity contribution in [3.05, 3.63) is 48.0 Å². The first kappa shape index (κ1) is 66.9. The van der Waals surface area contributed by atoms with E-state index in [2.05, 4.69) is 63.3 Å². The van der Waals surface area contributed by atoms with Gasteiger partial charge in [-0.2, -0.15) is 2.74 Å². The predicted octanol–water partition coefficient (Wildman–Crippen LogP) is 15.3. The van der Waals surface area contributed by atoms with E-state index in [0.29, 0.717) is 13.8 Å². The van der Waals surface area contributed by atoms with Crippen LogP contribution in [-0.4, -0.2) is 44.1 Å². The number of ether oxygens (including phenoxy) is 1. The fraction of sp³-hybridized carbons (Fsp3) is 0.750. The molecule has 4 nitrogen and oxygen atoms in total. The molecule has 0 saturated heterocycles. The molecule has 0 heterocycles. The van der Waals surface area contributed by atoms with Crippen molar-refractivity contribution in [1.82, 2.24) is 0 Å². The molecule has 1 aromatic rings. The Balaban J connectivity index is -0.0000000541. The zero-order valence-electron chi connectivity index (χ0n) is 36.4. The molecule has 1 aromatic carbocycles. The van der Waals surface area contributed by atoms with Gasteiger partial charge in [-0.15, -0.1) is 7.92 Å². The maximum absolute atomic E-state index is 9.84. The zero-order valence-corrected chi connectivity index (χ0v) is 36.3. The molecule has 0 spiro atoms. The Morgan fingerprint density at radius 1 is 0.820 bits per heavy atom. The van der Waals surface area contributed by atoms with Gasteiger partial charge in [0.2, 0.25) is 0 Å². The fourth-order valence-corrected chi connectivity index (χ4v) is 8.86. The summed E-state index contributed by atoms with van der Waals surface area (Å²) in [5, 5.41) is 0. The molecule has 0 N–H and O–H groups in total. The topological polar surface area (TPSA) is 60.4 Å². The van der Waals surface area contributed by atoms with Crippen LogP contribution in [-0.2, 0) is 35.6 Å². The van der Waals surface area contributed by atoms with Gasteiger partial charge in [-0.1, -0.05) is 186 Å². The largest absolute Gasteiger partial charge is 2.00 e. The monoisotopic (exact) mass is 775 g/mol. The van der Waals surface area contributed by atoms with Gasteiger partial charge in [-0.05, 0) is 68.0 Å². The number of carbonyl (C=O) groups excluding carboxylic acids is 3. The third-order valence-electron chi connectivity index (χ3n) is 7.20. The standard InChI is InChI=1S/C15H29P.C11H16.C4H6O2.5C2H6.2CHO.2CH4.Ni/c1-2-13-16(14-9-5-3-6-10-14)15-11-7-4-8-12-15;1-4-10(3)11-7-5-9(2)6-8-11;1-3-4(5)6-2;7*1-2;;;/h14-15H,2-13H2,1H3;5-8,10H,4H2,1-3H3;3H,1H2,2H3;5*1-2H3;2*1H;2*1H4;/q;;;;;;;;2*-1;;;+2/i;;;;;;;;2*1D;;;. The summed E-state index contributed by atoms with van der Waals surface area (Å²) in [6, 6.07) is 8.82. The van der Waals surface area contributed by atoms with E-state index in [9.17, 15) is 4.79 Å². The molecular weight excluding hydrogens is 682 g/mol. The van der Waals surface area contributed by atoms with Crippen LogP contribution in [0, 0.1) is 6.92 Å². The number of hydrogen-bond acceptors (Lipinski definition) is 4. The molecule has 0 aliphatic heterocycles. The van der Waals surface area contributed by atoms with E-state index in [4.69, 9.17) is 12.3 Å². The van der Waals surface area contributed by atoms with Gasteiger partial charge >= 0.3 is 22.5 Å². The van der Waals surface area contributed by atoms with Crippen molar-refractivity contribution < 1.29 is 38.4 Å². The van der Waals surface area contributed by atoms with Crippen molar-refractivity contribution in [1.29, 1.82) is 0 Å². The van der Waals surface area contributed by atoms with Gasteiger partial charge in [0.05, 0.1) is 7.11 Å². The van der Waals surface area contributed by atoms with Gasteiger partial charge in [-0.3, -0.25) is 13.5 Å². The first-order chi connectivity index (χ1) is 23.8. The molecule has 1 atom stereocenters. The molecule has 0 aromatic heterocycles. The average Bonchev–Trinajstić information content (AvgIpc) is 3.19. The average molecular weight is 776 g/mol. The van der Waals surface area contributed by atoms with Crippen molar-refractivity contribution in [3.8, 4) is 0 Å². The van der Waals surface area contributed by atoms with E-state index in [1.165, 1.54) is 55.2 Å². The number of carbonyl (C=O) groups is 1. The predicted molar refractivity (Wildman–Crippen MR) is 232 cm³/mol. The van der Waals surface area contributed by atoms with Gasteiger partial charge < -0.3 is 14.3 Å². The maximum atomic E-state index is 9.84. The molecule has 2 aliphatic rings. The Morgan fingerprint density at radius 3 is 1.36 bits per heavy atom. The van der Waals surface area contributed by atoms with Gasteiger partial charge in [-0.25, -0.2) is 4.79 Å². The SMILES string of the molecule is C.C.C=CC(=O)OC.CC.CC.CC.CC.CC.CCC(C)c1ccc(C)cc1.CCCP(C1CCCCC1)C1CCCCC1.[2H][C-]=O.[2H][C-]=O.[Ni+2]. The Hall–Kier alpha value is -1.31. The molecule has 0 radical (unpaired) electrons. The summed E-state index contributed by atoms with van der Waals surface area (Å²) in [7, 11) is 1.71. The normalized spacial score (nSPS) is 12.9. The second-order valence-electron chi connectivity index (χ2n) is 9.77. The molecule has 0 amide bonds. The van der Waals surface area contributed by atoms with Crippen LogP contribution in [0.2, 0.25) is 0 Å². The number of methoxy groups -OCH3 is 1. The van der Waals surface area contributed by atoms with Crippen LogP contribution in [0.25, 0.3) is 0 Å². The quantitative estimate of drug-likeness (QED) is 0.0691. The Bertz CT molecular complexity index is 716. The molecule has 6 heteroatoms. The Kier molecular flexibility index (Phi) is 92.9. The summed E-state index contributed by atoms with van der Waals surface area (Å²) in [5.74, 6) is 0.311. The summed E-state index contributed by atoms with van der Waals surface area (Å²) >= 11 is 0. The Morgan fingerprint density at radius 2 is 1.14 bits per heavy atom. The van der Waals surface area contributed by atoms with Gasteiger partial charge in [0.1, 0.15) is 0 Å². The van der Waals surface area contributed by atoms with Crippen LogP contribution in [0.15, 0.2) is 36.9 Å². The van der Waals surface area contributed by atoms with E-state index in [0.717, 1.165) is 19.6 Å². The molecule has 1 unspecified atom stereocenters. The third kappa shape index (κ3) is 46.7. The number of esters is 1. The van der Waals surface area contributed by atoms with Gasteiger partial charge in [0.15, 0.2) is 0 Å². The van der Waals surface area contributed by atoms with Crippen LogP contribution in [0.1, 0.15) is 202 Å².